The molecule has 0 aromatic rings. The van der Waals surface area contributed by atoms with Gasteiger partial charge in [0.15, 0.2) is 0 Å². The Bertz CT molecular complexity index is 321. The number of carboxylic acids is 1. The van der Waals surface area contributed by atoms with Gasteiger partial charge in [0.2, 0.25) is 5.91 Å². The van der Waals surface area contributed by atoms with Gasteiger partial charge in [0.05, 0.1) is 12.5 Å². The van der Waals surface area contributed by atoms with Gasteiger partial charge in [-0.2, -0.15) is 0 Å². The molecule has 0 saturated heterocycles. The van der Waals surface area contributed by atoms with E-state index in [1.807, 2.05) is 6.92 Å². The van der Waals surface area contributed by atoms with E-state index >= 15 is 0 Å². The fraction of sp³-hybridized carbons (Fsp3) is 0.846. The number of carbonyl (C=O) groups excluding carboxylic acids is 1. The van der Waals surface area contributed by atoms with Crippen molar-refractivity contribution in [3.8, 4) is 0 Å². The van der Waals surface area contributed by atoms with Crippen molar-refractivity contribution in [3.05, 3.63) is 0 Å². The molecule has 2 aliphatic rings. The maximum Gasteiger partial charge on any atom is 0.306 e. The molecule has 2 fully saturated rings. The number of fused-ring (bicyclic) bond motifs is 1. The molecular weight excluding hydrogens is 234 g/mol. The van der Waals surface area contributed by atoms with E-state index in [1.54, 1.807) is 0 Å². The van der Waals surface area contributed by atoms with Crippen molar-refractivity contribution in [2.45, 2.75) is 38.7 Å². The second-order valence-corrected chi connectivity index (χ2v) is 5.34. The lowest BCUT2D eigenvalue weighted by atomic mass is 10.0. The third-order valence-electron chi connectivity index (χ3n) is 3.92. The third-order valence-corrected chi connectivity index (χ3v) is 3.92. The molecule has 18 heavy (non-hydrogen) atoms. The lowest BCUT2D eigenvalue weighted by molar-refractivity contribution is -0.140. The Labute approximate surface area is 107 Å². The van der Waals surface area contributed by atoms with Crippen LogP contribution in [0.1, 0.15) is 32.6 Å². The molecule has 2 rings (SSSR count). The minimum absolute atomic E-state index is 0.0654. The highest BCUT2D eigenvalue weighted by Gasteiger charge is 2.47. The number of hydrogen-bond acceptors (Lipinski definition) is 3. The standard InChI is InChI=1S/C13H21NO4/c1-2-18-11(6-12(15)16)7-14-13(17)10-4-8-3-9(8)5-10/h8-11H,2-7H2,1H3,(H,14,17)(H,15,16). The molecule has 0 aliphatic heterocycles. The first kappa shape index (κ1) is 13.3. The minimum atomic E-state index is -0.898. The molecular formula is C13H21NO4. The highest BCUT2D eigenvalue weighted by atomic mass is 16.5. The molecule has 3 unspecified atom stereocenters. The average Bonchev–Trinajstić information content (AvgIpc) is 2.92. The van der Waals surface area contributed by atoms with E-state index in [9.17, 15) is 9.59 Å². The van der Waals surface area contributed by atoms with Crippen molar-refractivity contribution in [1.82, 2.24) is 5.32 Å². The van der Waals surface area contributed by atoms with Crippen LogP contribution in [-0.4, -0.2) is 36.2 Å². The fourth-order valence-electron chi connectivity index (χ4n) is 2.91. The van der Waals surface area contributed by atoms with E-state index in [2.05, 4.69) is 5.32 Å². The smallest absolute Gasteiger partial charge is 0.306 e. The number of hydrogen-bond donors (Lipinski definition) is 2. The molecule has 2 aliphatic carbocycles. The van der Waals surface area contributed by atoms with Gasteiger partial charge < -0.3 is 15.2 Å². The number of aliphatic carboxylic acids is 1. The lowest BCUT2D eigenvalue weighted by Crippen LogP contribution is -2.38. The van der Waals surface area contributed by atoms with Crippen LogP contribution in [0.3, 0.4) is 0 Å². The van der Waals surface area contributed by atoms with Crippen molar-refractivity contribution in [2.24, 2.45) is 17.8 Å². The number of carbonyl (C=O) groups is 2. The summed E-state index contributed by atoms with van der Waals surface area (Å²) in [7, 11) is 0. The predicted octanol–water partition coefficient (Wildman–Crippen LogP) is 1.03. The van der Waals surface area contributed by atoms with Crippen LogP contribution in [0.5, 0.6) is 0 Å². The summed E-state index contributed by atoms with van der Waals surface area (Å²) in [4.78, 5) is 22.5. The Morgan fingerprint density at radius 3 is 2.56 bits per heavy atom. The van der Waals surface area contributed by atoms with Crippen molar-refractivity contribution in [2.75, 3.05) is 13.2 Å². The quantitative estimate of drug-likeness (QED) is 0.712. The largest absolute Gasteiger partial charge is 0.481 e. The zero-order valence-corrected chi connectivity index (χ0v) is 10.7. The molecule has 2 N–H and O–H groups in total. The number of nitrogens with one attached hydrogen (secondary N) is 1. The average molecular weight is 255 g/mol. The van der Waals surface area contributed by atoms with Crippen molar-refractivity contribution < 1.29 is 19.4 Å². The van der Waals surface area contributed by atoms with Gasteiger partial charge in [0, 0.05) is 19.1 Å². The Balaban J connectivity index is 1.70. The van der Waals surface area contributed by atoms with Crippen molar-refractivity contribution in [3.63, 3.8) is 0 Å². The SMILES string of the molecule is CCOC(CNC(=O)C1CC2CC2C1)CC(=O)O. The monoisotopic (exact) mass is 255 g/mol. The molecule has 0 aromatic carbocycles. The predicted molar refractivity (Wildman–Crippen MR) is 65.0 cm³/mol. The third kappa shape index (κ3) is 3.45. The van der Waals surface area contributed by atoms with E-state index in [4.69, 9.17) is 9.84 Å². The second kappa shape index (κ2) is 5.69. The Morgan fingerprint density at radius 2 is 2.00 bits per heavy atom. The van der Waals surface area contributed by atoms with Crippen LogP contribution in [0.2, 0.25) is 0 Å². The van der Waals surface area contributed by atoms with Gasteiger partial charge in [0.1, 0.15) is 0 Å². The van der Waals surface area contributed by atoms with E-state index in [-0.39, 0.29) is 18.2 Å². The van der Waals surface area contributed by atoms with Crippen LogP contribution >= 0.6 is 0 Å². The number of ether oxygens (including phenoxy) is 1. The van der Waals surface area contributed by atoms with E-state index in [1.165, 1.54) is 6.42 Å². The Morgan fingerprint density at radius 1 is 1.33 bits per heavy atom. The number of amides is 1. The van der Waals surface area contributed by atoms with Gasteiger partial charge >= 0.3 is 5.97 Å². The summed E-state index contributed by atoms with van der Waals surface area (Å²) < 4.78 is 5.30. The molecule has 2 saturated carbocycles. The molecule has 3 atom stereocenters. The van der Waals surface area contributed by atoms with Gasteiger partial charge in [0.25, 0.3) is 0 Å². The minimum Gasteiger partial charge on any atom is -0.481 e. The lowest BCUT2D eigenvalue weighted by Gasteiger charge is -2.18. The highest BCUT2D eigenvalue weighted by Crippen LogP contribution is 2.54. The van der Waals surface area contributed by atoms with Crippen LogP contribution < -0.4 is 5.32 Å². The van der Waals surface area contributed by atoms with Gasteiger partial charge in [-0.1, -0.05) is 0 Å². The Kier molecular flexibility index (Phi) is 4.22. The summed E-state index contributed by atoms with van der Waals surface area (Å²) in [6.45, 7) is 2.58. The topological polar surface area (TPSA) is 75.6 Å². The molecule has 102 valence electrons. The van der Waals surface area contributed by atoms with Gasteiger partial charge in [-0.15, -0.1) is 0 Å². The molecule has 0 aromatic heterocycles. The Hall–Kier alpha value is -1.10. The summed E-state index contributed by atoms with van der Waals surface area (Å²) in [6.07, 6.45) is 2.82. The van der Waals surface area contributed by atoms with Crippen LogP contribution in [0, 0.1) is 17.8 Å². The van der Waals surface area contributed by atoms with Crippen molar-refractivity contribution >= 4 is 11.9 Å². The summed E-state index contributed by atoms with van der Waals surface area (Å²) in [6, 6.07) is 0. The molecule has 5 heteroatoms. The van der Waals surface area contributed by atoms with Crippen LogP contribution in [0.15, 0.2) is 0 Å². The zero-order chi connectivity index (χ0) is 13.1. The first-order chi connectivity index (χ1) is 8.60. The summed E-state index contributed by atoms with van der Waals surface area (Å²) in [5.41, 5.74) is 0. The van der Waals surface area contributed by atoms with Gasteiger partial charge in [-0.05, 0) is 38.0 Å². The highest BCUT2D eigenvalue weighted by molar-refractivity contribution is 5.79. The second-order valence-electron chi connectivity index (χ2n) is 5.34. The normalized spacial score (nSPS) is 30.6. The first-order valence-electron chi connectivity index (χ1n) is 6.71. The number of rotatable bonds is 7. The molecule has 0 spiro atoms. The summed E-state index contributed by atoms with van der Waals surface area (Å²) in [5, 5.41) is 11.6. The summed E-state index contributed by atoms with van der Waals surface area (Å²) in [5.74, 6) is 0.868. The van der Waals surface area contributed by atoms with Crippen LogP contribution in [0.4, 0.5) is 0 Å². The molecule has 0 radical (unpaired) electrons. The van der Waals surface area contributed by atoms with E-state index < -0.39 is 12.1 Å². The van der Waals surface area contributed by atoms with E-state index in [0.717, 1.165) is 24.7 Å². The maximum atomic E-state index is 11.9. The number of carboxylic acid groups (broad SMARTS) is 1. The summed E-state index contributed by atoms with van der Waals surface area (Å²) >= 11 is 0. The first-order valence-corrected chi connectivity index (χ1v) is 6.71. The molecule has 5 nitrogen and oxygen atoms in total. The van der Waals surface area contributed by atoms with Gasteiger partial charge in [-0.3, -0.25) is 9.59 Å². The molecule has 1 amide bonds. The molecule has 0 bridgehead atoms. The van der Waals surface area contributed by atoms with E-state index in [0.29, 0.717) is 13.2 Å². The van der Waals surface area contributed by atoms with Crippen molar-refractivity contribution in [1.29, 1.82) is 0 Å². The van der Waals surface area contributed by atoms with Crippen LogP contribution in [0.25, 0.3) is 0 Å². The molecule has 0 heterocycles. The van der Waals surface area contributed by atoms with Crippen LogP contribution in [-0.2, 0) is 14.3 Å². The fourth-order valence-corrected chi connectivity index (χ4v) is 2.91. The maximum absolute atomic E-state index is 11.9. The zero-order valence-electron chi connectivity index (χ0n) is 10.7. The van der Waals surface area contributed by atoms with Gasteiger partial charge in [-0.25, -0.2) is 0 Å².